The van der Waals surface area contributed by atoms with E-state index in [1.165, 1.54) is 6.92 Å². The van der Waals surface area contributed by atoms with Gasteiger partial charge in [-0.15, -0.1) is 0 Å². The number of alkyl halides is 1. The lowest BCUT2D eigenvalue weighted by Gasteiger charge is -2.50. The Kier molecular flexibility index (Phi) is 8.21. The molecule has 0 bridgehead atoms. The number of ether oxygens (including phenoxy) is 1. The average Bonchev–Trinajstić information content (AvgIpc) is 3.35. The molecule has 4 rings (SSSR count). The van der Waals surface area contributed by atoms with Gasteiger partial charge in [0.25, 0.3) is 0 Å². The van der Waals surface area contributed by atoms with Crippen molar-refractivity contribution in [2.75, 3.05) is 26.3 Å². The van der Waals surface area contributed by atoms with E-state index in [0.717, 1.165) is 45.4 Å². The number of rotatable bonds is 8. The predicted molar refractivity (Wildman–Crippen MR) is 131 cm³/mol. The fourth-order valence-electron chi connectivity index (χ4n) is 5.95. The van der Waals surface area contributed by atoms with Gasteiger partial charge in [0.15, 0.2) is 6.17 Å². The summed E-state index contributed by atoms with van der Waals surface area (Å²) in [6.45, 7) is 9.08. The smallest absolute Gasteiger partial charge is 0.154 e. The van der Waals surface area contributed by atoms with Crippen molar-refractivity contribution in [2.45, 2.75) is 89.0 Å². The van der Waals surface area contributed by atoms with Crippen molar-refractivity contribution < 1.29 is 19.3 Å². The molecule has 3 fully saturated rings. The highest BCUT2D eigenvalue weighted by Gasteiger charge is 2.60. The maximum atomic E-state index is 15.6. The van der Waals surface area contributed by atoms with Gasteiger partial charge in [0.05, 0.1) is 19.0 Å². The maximum Gasteiger partial charge on any atom is 0.154 e. The first kappa shape index (κ1) is 26.2. The number of nitrogens with two attached hydrogens (primary N) is 1. The highest BCUT2D eigenvalue weighted by Crippen LogP contribution is 2.45. The van der Waals surface area contributed by atoms with Crippen molar-refractivity contribution in [3.05, 3.63) is 34.9 Å². The molecule has 0 spiro atoms. The molecule has 1 aromatic carbocycles. The van der Waals surface area contributed by atoms with E-state index in [1.807, 2.05) is 0 Å². The van der Waals surface area contributed by atoms with Crippen molar-refractivity contribution >= 4 is 11.6 Å². The second kappa shape index (κ2) is 10.6. The second-order valence-electron chi connectivity index (χ2n) is 10.3. The van der Waals surface area contributed by atoms with Crippen LogP contribution in [0.15, 0.2) is 24.3 Å². The van der Waals surface area contributed by atoms with Crippen LogP contribution in [-0.4, -0.2) is 87.6 Å². The Morgan fingerprint density at radius 1 is 1.21 bits per heavy atom. The van der Waals surface area contributed by atoms with Gasteiger partial charge in [-0.2, -0.15) is 0 Å². The zero-order valence-corrected chi connectivity index (χ0v) is 21.2. The summed E-state index contributed by atoms with van der Waals surface area (Å²) in [7, 11) is 0. The Bertz CT molecular complexity index is 816. The van der Waals surface area contributed by atoms with Gasteiger partial charge < -0.3 is 20.7 Å². The van der Waals surface area contributed by atoms with E-state index in [2.05, 4.69) is 28.5 Å². The molecular weight excluding hydrogens is 459 g/mol. The second-order valence-corrected chi connectivity index (χ2v) is 10.7. The molecule has 3 heterocycles. The molecule has 3 aliphatic rings. The number of aliphatic hydroxyl groups is 2. The Labute approximate surface area is 207 Å². The number of hydrogen-bond donors (Lipinski definition) is 3. The van der Waals surface area contributed by atoms with Crippen LogP contribution in [-0.2, 0) is 4.74 Å². The zero-order valence-electron chi connectivity index (χ0n) is 20.5. The number of likely N-dealkylation sites (tertiary alicyclic amines) is 1. The van der Waals surface area contributed by atoms with Gasteiger partial charge in [0, 0.05) is 30.6 Å². The first-order chi connectivity index (χ1) is 16.2. The van der Waals surface area contributed by atoms with E-state index in [0.29, 0.717) is 17.1 Å². The van der Waals surface area contributed by atoms with Crippen molar-refractivity contribution in [1.82, 2.24) is 14.7 Å². The maximum absolute atomic E-state index is 15.6. The summed E-state index contributed by atoms with van der Waals surface area (Å²) in [5, 5.41) is 22.9. The first-order valence-corrected chi connectivity index (χ1v) is 13.0. The minimum atomic E-state index is -1.75. The normalized spacial score (nSPS) is 38.4. The number of unbranched alkanes of at least 4 members (excludes halogenated alkanes) is 1. The quantitative estimate of drug-likeness (QED) is 0.508. The number of nitrogens with zero attached hydrogens (tertiary/aromatic N) is 3. The molecule has 0 amide bonds. The average molecular weight is 499 g/mol. The number of halogens is 2. The molecule has 3 unspecified atom stereocenters. The SMILES string of the molecule is CCCCN1CN(CCC)C2C(CCN2[C@@H]2O[C@H]([C@H](F)c3ccc(Cl)cc3)[C@@](C)(O)[C@H]2O)C1N. The van der Waals surface area contributed by atoms with Crippen molar-refractivity contribution in [1.29, 1.82) is 0 Å². The van der Waals surface area contributed by atoms with Crippen LogP contribution in [0, 0.1) is 5.92 Å². The summed E-state index contributed by atoms with van der Waals surface area (Å²) in [5.41, 5.74) is 5.34. The molecule has 0 aromatic heterocycles. The number of benzene rings is 1. The van der Waals surface area contributed by atoms with Gasteiger partial charge in [-0.3, -0.25) is 14.7 Å². The lowest BCUT2D eigenvalue weighted by Crippen LogP contribution is -2.67. The molecular formula is C25H40ClFN4O3. The molecule has 8 atom stereocenters. The van der Waals surface area contributed by atoms with E-state index in [1.54, 1.807) is 24.3 Å². The third-order valence-corrected chi connectivity index (χ3v) is 8.11. The molecule has 0 radical (unpaired) electrons. The molecule has 3 saturated heterocycles. The van der Waals surface area contributed by atoms with Gasteiger partial charge in [0.2, 0.25) is 0 Å². The molecule has 192 valence electrons. The summed E-state index contributed by atoms with van der Waals surface area (Å²) >= 11 is 5.95. The molecule has 1 aromatic rings. The third-order valence-electron chi connectivity index (χ3n) is 7.86. The number of aliphatic hydroxyl groups excluding tert-OH is 1. The van der Waals surface area contributed by atoms with Crippen LogP contribution >= 0.6 is 11.6 Å². The minimum absolute atomic E-state index is 0.0179. The van der Waals surface area contributed by atoms with Gasteiger partial charge in [0.1, 0.15) is 24.0 Å². The van der Waals surface area contributed by atoms with Crippen LogP contribution in [0.3, 0.4) is 0 Å². The van der Waals surface area contributed by atoms with Crippen molar-refractivity contribution in [3.63, 3.8) is 0 Å². The van der Waals surface area contributed by atoms with Crippen LogP contribution in [0.2, 0.25) is 5.02 Å². The minimum Gasteiger partial charge on any atom is -0.386 e. The van der Waals surface area contributed by atoms with Crippen LogP contribution < -0.4 is 5.73 Å². The Balaban J connectivity index is 1.56. The standard InChI is InChI=1S/C25H40ClFN4O3/c1-4-6-13-29-15-30(12-5-2)23-18(22(29)28)11-14-31(23)24-20(32)25(3,33)21(34-24)19(27)16-7-9-17(26)10-8-16/h7-10,18-24,32-33H,4-6,11-15,28H2,1-3H3/t18?,19-,20+,21-,22?,23?,24-,25+/m1/s1. The van der Waals surface area contributed by atoms with Gasteiger partial charge >= 0.3 is 0 Å². The van der Waals surface area contributed by atoms with Crippen LogP contribution in [0.25, 0.3) is 0 Å². The Morgan fingerprint density at radius 2 is 1.91 bits per heavy atom. The summed E-state index contributed by atoms with van der Waals surface area (Å²) in [6, 6.07) is 6.41. The van der Waals surface area contributed by atoms with E-state index < -0.39 is 30.2 Å². The molecule has 3 aliphatic heterocycles. The number of fused-ring (bicyclic) bond motifs is 1. The summed E-state index contributed by atoms with van der Waals surface area (Å²) < 4.78 is 21.7. The fourth-order valence-corrected chi connectivity index (χ4v) is 6.08. The zero-order chi connectivity index (χ0) is 24.6. The van der Waals surface area contributed by atoms with Gasteiger partial charge in [-0.25, -0.2) is 4.39 Å². The van der Waals surface area contributed by atoms with E-state index in [-0.39, 0.29) is 18.2 Å². The van der Waals surface area contributed by atoms with Crippen molar-refractivity contribution in [2.24, 2.45) is 11.7 Å². The fraction of sp³-hybridized carbons (Fsp3) is 0.760. The Hall–Kier alpha value is -0.840. The van der Waals surface area contributed by atoms with Gasteiger partial charge in [-0.05, 0) is 43.9 Å². The van der Waals surface area contributed by atoms with Crippen LogP contribution in [0.1, 0.15) is 58.2 Å². The van der Waals surface area contributed by atoms with Gasteiger partial charge in [-0.1, -0.05) is 44.0 Å². The Morgan fingerprint density at radius 3 is 2.56 bits per heavy atom. The first-order valence-electron chi connectivity index (χ1n) is 12.7. The van der Waals surface area contributed by atoms with E-state index in [4.69, 9.17) is 22.1 Å². The summed E-state index contributed by atoms with van der Waals surface area (Å²) in [6.07, 6.45) is -0.881. The van der Waals surface area contributed by atoms with E-state index in [9.17, 15) is 10.2 Å². The molecule has 0 aliphatic carbocycles. The number of hydrogen-bond acceptors (Lipinski definition) is 7. The predicted octanol–water partition coefficient (Wildman–Crippen LogP) is 2.91. The van der Waals surface area contributed by atoms with Crippen LogP contribution in [0.4, 0.5) is 4.39 Å². The van der Waals surface area contributed by atoms with Crippen LogP contribution in [0.5, 0.6) is 0 Å². The lowest BCUT2D eigenvalue weighted by atomic mass is 9.89. The van der Waals surface area contributed by atoms with E-state index >= 15 is 4.39 Å². The highest BCUT2D eigenvalue weighted by atomic mass is 35.5. The topological polar surface area (TPSA) is 85.4 Å². The molecule has 7 nitrogen and oxygen atoms in total. The molecule has 34 heavy (non-hydrogen) atoms. The molecule has 0 saturated carbocycles. The highest BCUT2D eigenvalue weighted by molar-refractivity contribution is 6.30. The monoisotopic (exact) mass is 498 g/mol. The lowest BCUT2D eigenvalue weighted by molar-refractivity contribution is -0.159. The van der Waals surface area contributed by atoms with Crippen molar-refractivity contribution in [3.8, 4) is 0 Å². The summed E-state index contributed by atoms with van der Waals surface area (Å²) in [5.74, 6) is 0.189. The molecule has 4 N–H and O–H groups in total. The summed E-state index contributed by atoms with van der Waals surface area (Å²) in [4.78, 5) is 6.86. The third kappa shape index (κ3) is 4.76. The molecule has 9 heteroatoms. The largest absolute Gasteiger partial charge is 0.386 e.